The van der Waals surface area contributed by atoms with Crippen LogP contribution in [0.1, 0.15) is 45.2 Å². The van der Waals surface area contributed by atoms with Gasteiger partial charge in [-0.05, 0) is 64.9 Å². The minimum absolute atomic E-state index is 0.0293. The molecule has 0 saturated heterocycles. The van der Waals surface area contributed by atoms with E-state index in [2.05, 4.69) is 20.8 Å². The molecule has 0 radical (unpaired) electrons. The van der Waals surface area contributed by atoms with Crippen LogP contribution in [0.15, 0.2) is 77.2 Å². The Morgan fingerprint density at radius 1 is 1.00 bits per heavy atom. The van der Waals surface area contributed by atoms with E-state index >= 15 is 0 Å². The number of hydrogen-bond donors (Lipinski definition) is 1. The summed E-state index contributed by atoms with van der Waals surface area (Å²) in [5.74, 6) is -0.705. The lowest BCUT2D eigenvalue weighted by molar-refractivity contribution is -0.138. The first kappa shape index (κ1) is 26.6. The van der Waals surface area contributed by atoms with Gasteiger partial charge >= 0.3 is 12.1 Å². The summed E-state index contributed by atoms with van der Waals surface area (Å²) in [6.45, 7) is 1.53. The molecule has 5 rings (SSSR count). The van der Waals surface area contributed by atoms with Crippen molar-refractivity contribution in [1.82, 2.24) is 20.2 Å². The minimum atomic E-state index is -4.54. The van der Waals surface area contributed by atoms with E-state index in [4.69, 9.17) is 9.15 Å². The van der Waals surface area contributed by atoms with Crippen molar-refractivity contribution in [3.05, 3.63) is 95.1 Å². The summed E-state index contributed by atoms with van der Waals surface area (Å²) in [5, 5.41) is 14.6. The molecular formula is C28H22F3N5O4. The van der Waals surface area contributed by atoms with E-state index in [1.54, 1.807) is 49.4 Å². The fourth-order valence-electron chi connectivity index (χ4n) is 4.14. The van der Waals surface area contributed by atoms with Crippen LogP contribution >= 0.6 is 0 Å². The van der Waals surface area contributed by atoms with E-state index < -0.39 is 23.6 Å². The molecule has 0 spiro atoms. The Balaban J connectivity index is 1.33. The van der Waals surface area contributed by atoms with Crippen molar-refractivity contribution < 1.29 is 31.9 Å². The maximum atomic E-state index is 13.5. The molecule has 40 heavy (non-hydrogen) atoms. The highest BCUT2D eigenvalue weighted by atomic mass is 19.4. The van der Waals surface area contributed by atoms with Crippen LogP contribution in [0.2, 0.25) is 0 Å². The highest BCUT2D eigenvalue weighted by Crippen LogP contribution is 2.35. The minimum Gasteiger partial charge on any atom is -0.453 e. The van der Waals surface area contributed by atoms with Crippen LogP contribution in [0, 0.1) is 0 Å². The number of aryl methyl sites for hydroxylation is 1. The van der Waals surface area contributed by atoms with Gasteiger partial charge in [-0.2, -0.15) is 17.9 Å². The molecule has 0 fully saturated rings. The number of alkyl halides is 3. The standard InChI is InChI=1S/C28H22F3N5O4/c1-2-6-17-11-12-21(15-22(17)28(29,30)31)32-26(37)20-10-9-19-13-24(40-23(19)14-20)25-33-34-35-36(25)16-39-27(38)18-7-4-3-5-8-18/h3-5,7-15H,2,6,16H2,1H3,(H,32,37). The maximum absolute atomic E-state index is 13.5. The number of rotatable bonds is 8. The number of nitrogens with one attached hydrogen (secondary N) is 1. The summed E-state index contributed by atoms with van der Waals surface area (Å²) in [4.78, 5) is 25.1. The van der Waals surface area contributed by atoms with Crippen LogP contribution < -0.4 is 5.32 Å². The van der Waals surface area contributed by atoms with E-state index in [-0.39, 0.29) is 41.6 Å². The first-order valence-corrected chi connectivity index (χ1v) is 12.3. The topological polar surface area (TPSA) is 112 Å². The highest BCUT2D eigenvalue weighted by molar-refractivity contribution is 6.06. The molecule has 0 unspecified atom stereocenters. The largest absolute Gasteiger partial charge is 0.453 e. The van der Waals surface area contributed by atoms with Crippen molar-refractivity contribution >= 4 is 28.5 Å². The number of tetrazole rings is 1. The molecule has 0 bridgehead atoms. The smallest absolute Gasteiger partial charge is 0.416 e. The maximum Gasteiger partial charge on any atom is 0.416 e. The number of benzene rings is 3. The second kappa shape index (κ2) is 11.0. The number of aromatic nitrogens is 4. The van der Waals surface area contributed by atoms with E-state index in [0.29, 0.717) is 23.0 Å². The lowest BCUT2D eigenvalue weighted by Gasteiger charge is -2.14. The van der Waals surface area contributed by atoms with Crippen molar-refractivity contribution in [2.75, 3.05) is 5.32 Å². The second-order valence-corrected chi connectivity index (χ2v) is 8.87. The molecule has 12 heteroatoms. The molecule has 1 N–H and O–H groups in total. The van der Waals surface area contributed by atoms with Crippen molar-refractivity contribution in [3.63, 3.8) is 0 Å². The number of ether oxygens (including phenoxy) is 1. The molecule has 0 aliphatic heterocycles. The molecule has 5 aromatic rings. The lowest BCUT2D eigenvalue weighted by atomic mass is 10.0. The van der Waals surface area contributed by atoms with E-state index in [1.807, 2.05) is 0 Å². The zero-order chi connectivity index (χ0) is 28.3. The quantitative estimate of drug-likeness (QED) is 0.232. The zero-order valence-corrected chi connectivity index (χ0v) is 21.1. The van der Waals surface area contributed by atoms with Crippen molar-refractivity contribution in [2.24, 2.45) is 0 Å². The molecule has 0 aliphatic rings. The van der Waals surface area contributed by atoms with Gasteiger partial charge in [0.25, 0.3) is 5.91 Å². The summed E-state index contributed by atoms with van der Waals surface area (Å²) < 4.78 is 53.0. The van der Waals surface area contributed by atoms with Crippen LogP contribution in [0.3, 0.4) is 0 Å². The monoisotopic (exact) mass is 549 g/mol. The SMILES string of the molecule is CCCc1ccc(NC(=O)c2ccc3cc(-c4nnnn4COC(=O)c4ccccc4)oc3c2)cc1C(F)(F)F. The molecule has 9 nitrogen and oxygen atoms in total. The molecule has 0 atom stereocenters. The van der Waals surface area contributed by atoms with Crippen LogP contribution in [0.5, 0.6) is 0 Å². The Labute approximate surface area is 225 Å². The molecule has 0 saturated carbocycles. The third-order valence-electron chi connectivity index (χ3n) is 6.05. The number of nitrogens with zero attached hydrogens (tertiary/aromatic N) is 4. The van der Waals surface area contributed by atoms with Crippen molar-refractivity contribution in [3.8, 4) is 11.6 Å². The molecular weight excluding hydrogens is 527 g/mol. The van der Waals surface area contributed by atoms with Crippen molar-refractivity contribution in [2.45, 2.75) is 32.7 Å². The average Bonchev–Trinajstić information content (AvgIpc) is 3.59. The Kier molecular flexibility index (Phi) is 7.32. The first-order valence-electron chi connectivity index (χ1n) is 12.3. The molecule has 1 amide bonds. The van der Waals surface area contributed by atoms with E-state index in [1.165, 1.54) is 28.9 Å². The zero-order valence-electron chi connectivity index (χ0n) is 21.1. The van der Waals surface area contributed by atoms with E-state index in [9.17, 15) is 22.8 Å². The molecule has 3 aromatic carbocycles. The van der Waals surface area contributed by atoms with Gasteiger partial charge in [0.15, 0.2) is 12.5 Å². The third-order valence-corrected chi connectivity index (χ3v) is 6.05. The second-order valence-electron chi connectivity index (χ2n) is 8.87. The number of fused-ring (bicyclic) bond motifs is 1. The number of hydrogen-bond acceptors (Lipinski definition) is 7. The number of anilines is 1. The van der Waals surface area contributed by atoms with Crippen LogP contribution in [-0.2, 0) is 24.1 Å². The first-order chi connectivity index (χ1) is 19.2. The van der Waals surface area contributed by atoms with Gasteiger partial charge in [-0.1, -0.05) is 43.7 Å². The number of carbonyl (C=O) groups excluding carboxylic acids is 2. The Bertz CT molecular complexity index is 1680. The number of carbonyl (C=O) groups is 2. The van der Waals surface area contributed by atoms with Gasteiger partial charge < -0.3 is 14.5 Å². The number of furan rings is 1. The fraction of sp³-hybridized carbons (Fsp3) is 0.179. The Morgan fingerprint density at radius 2 is 1.80 bits per heavy atom. The Morgan fingerprint density at radius 3 is 2.55 bits per heavy atom. The van der Waals surface area contributed by atoms with Gasteiger partial charge in [-0.15, -0.1) is 5.10 Å². The van der Waals surface area contributed by atoms with Gasteiger partial charge in [0.1, 0.15) is 5.58 Å². The van der Waals surface area contributed by atoms with Gasteiger partial charge in [-0.25, -0.2) is 4.79 Å². The van der Waals surface area contributed by atoms with E-state index in [0.717, 1.165) is 6.07 Å². The van der Waals surface area contributed by atoms with Gasteiger partial charge in [-0.3, -0.25) is 4.79 Å². The van der Waals surface area contributed by atoms with Gasteiger partial charge in [0.05, 0.1) is 11.1 Å². The Hall–Kier alpha value is -5.00. The summed E-state index contributed by atoms with van der Waals surface area (Å²) >= 11 is 0. The predicted molar refractivity (Wildman–Crippen MR) is 138 cm³/mol. The van der Waals surface area contributed by atoms with Gasteiger partial charge in [0, 0.05) is 16.6 Å². The summed E-state index contributed by atoms with van der Waals surface area (Å²) in [5.41, 5.74) is 0.309. The van der Waals surface area contributed by atoms with Crippen LogP contribution in [0.25, 0.3) is 22.6 Å². The summed E-state index contributed by atoms with van der Waals surface area (Å²) in [6.07, 6.45) is -3.70. The summed E-state index contributed by atoms with van der Waals surface area (Å²) in [6, 6.07) is 18.5. The fourth-order valence-corrected chi connectivity index (χ4v) is 4.14. The summed E-state index contributed by atoms with van der Waals surface area (Å²) in [7, 11) is 0. The highest BCUT2D eigenvalue weighted by Gasteiger charge is 2.33. The van der Waals surface area contributed by atoms with Crippen LogP contribution in [0.4, 0.5) is 18.9 Å². The number of esters is 1. The van der Waals surface area contributed by atoms with Gasteiger partial charge in [0.2, 0.25) is 5.82 Å². The van der Waals surface area contributed by atoms with Crippen molar-refractivity contribution in [1.29, 1.82) is 0 Å². The normalized spacial score (nSPS) is 11.5. The molecule has 2 aromatic heterocycles. The average molecular weight is 550 g/mol. The number of halogens is 3. The third kappa shape index (κ3) is 5.70. The number of amides is 1. The van der Waals surface area contributed by atoms with Crippen LogP contribution in [-0.4, -0.2) is 32.1 Å². The molecule has 204 valence electrons. The lowest BCUT2D eigenvalue weighted by Crippen LogP contribution is -2.14. The molecule has 2 heterocycles. The predicted octanol–water partition coefficient (Wildman–Crippen LogP) is 6.12. The molecule has 0 aliphatic carbocycles.